The lowest BCUT2D eigenvalue weighted by Crippen LogP contribution is -2.59. The lowest BCUT2D eigenvalue weighted by atomic mass is 9.90. The van der Waals surface area contributed by atoms with Crippen LogP contribution in [0.25, 0.3) is 0 Å². The van der Waals surface area contributed by atoms with Crippen molar-refractivity contribution in [3.05, 3.63) is 0 Å². The molecule has 1 saturated heterocycles. The molecule has 1 aliphatic heterocycles. The molecular weight excluding hydrogens is 214 g/mol. The molecule has 0 spiro atoms. The van der Waals surface area contributed by atoms with Crippen molar-refractivity contribution in [2.24, 2.45) is 5.73 Å². The molecule has 100 valence electrons. The van der Waals surface area contributed by atoms with Crippen molar-refractivity contribution >= 4 is 0 Å². The zero-order valence-corrected chi connectivity index (χ0v) is 11.3. The Labute approximate surface area is 105 Å². The molecule has 4 nitrogen and oxygen atoms in total. The van der Waals surface area contributed by atoms with Crippen molar-refractivity contribution in [1.29, 1.82) is 0 Å². The monoisotopic (exact) mass is 241 g/mol. The summed E-state index contributed by atoms with van der Waals surface area (Å²) in [5.41, 5.74) is 5.93. The van der Waals surface area contributed by atoms with Gasteiger partial charge < -0.3 is 15.4 Å². The van der Waals surface area contributed by atoms with E-state index in [-0.39, 0.29) is 0 Å². The van der Waals surface area contributed by atoms with Gasteiger partial charge in [-0.05, 0) is 32.7 Å². The van der Waals surface area contributed by atoms with Crippen molar-refractivity contribution in [3.63, 3.8) is 0 Å². The highest BCUT2D eigenvalue weighted by molar-refractivity contribution is 4.89. The summed E-state index contributed by atoms with van der Waals surface area (Å²) in [4.78, 5) is 5.04. The van der Waals surface area contributed by atoms with Crippen LogP contribution in [0, 0.1) is 0 Å². The molecule has 0 aromatic rings. The first-order valence-corrected chi connectivity index (χ1v) is 6.91. The summed E-state index contributed by atoms with van der Waals surface area (Å²) in [6.45, 7) is 4.23. The van der Waals surface area contributed by atoms with Gasteiger partial charge in [0.2, 0.25) is 0 Å². The van der Waals surface area contributed by atoms with E-state index in [1.807, 2.05) is 7.11 Å². The molecule has 4 heteroatoms. The average Bonchev–Trinajstić information content (AvgIpc) is 2.38. The van der Waals surface area contributed by atoms with Gasteiger partial charge in [-0.15, -0.1) is 0 Å². The van der Waals surface area contributed by atoms with E-state index in [0.29, 0.717) is 18.2 Å². The Morgan fingerprint density at radius 1 is 1.29 bits per heavy atom. The summed E-state index contributed by atoms with van der Waals surface area (Å²) >= 11 is 0. The number of nitrogens with zero attached hydrogens (tertiary/aromatic N) is 2. The van der Waals surface area contributed by atoms with E-state index in [0.717, 1.165) is 13.1 Å². The normalized spacial score (nSPS) is 37.2. The summed E-state index contributed by atoms with van der Waals surface area (Å²) in [5, 5.41) is 0. The summed E-state index contributed by atoms with van der Waals surface area (Å²) < 4.78 is 5.53. The molecule has 17 heavy (non-hydrogen) atoms. The molecule has 0 aromatic carbocycles. The van der Waals surface area contributed by atoms with Crippen LogP contribution in [0.3, 0.4) is 0 Å². The number of hydrogen-bond acceptors (Lipinski definition) is 4. The number of rotatable bonds is 3. The van der Waals surface area contributed by atoms with Gasteiger partial charge in [0, 0.05) is 45.4 Å². The molecule has 0 aromatic heterocycles. The molecule has 2 N–H and O–H groups in total. The summed E-state index contributed by atoms with van der Waals surface area (Å²) in [6.07, 6.45) is 5.50. The standard InChI is InChI=1S/C13H27N3O/c1-15-6-7-16(12(9-14)10-15)11-4-3-5-13(8-11)17-2/h11-13H,3-10,14H2,1-2H3. The predicted octanol–water partition coefficient (Wildman–Crippen LogP) is 0.519. The quantitative estimate of drug-likeness (QED) is 0.782. The maximum absolute atomic E-state index is 5.93. The minimum Gasteiger partial charge on any atom is -0.381 e. The van der Waals surface area contributed by atoms with E-state index in [2.05, 4.69) is 16.8 Å². The fourth-order valence-corrected chi connectivity index (χ4v) is 3.35. The number of methoxy groups -OCH3 is 1. The van der Waals surface area contributed by atoms with Gasteiger partial charge in [-0.25, -0.2) is 0 Å². The molecule has 3 atom stereocenters. The fourth-order valence-electron chi connectivity index (χ4n) is 3.35. The van der Waals surface area contributed by atoms with Gasteiger partial charge in [-0.2, -0.15) is 0 Å². The molecule has 2 aliphatic rings. The Morgan fingerprint density at radius 2 is 2.12 bits per heavy atom. The fraction of sp³-hybridized carbons (Fsp3) is 1.00. The van der Waals surface area contributed by atoms with Crippen LogP contribution in [0.2, 0.25) is 0 Å². The highest BCUT2D eigenvalue weighted by Crippen LogP contribution is 2.27. The zero-order chi connectivity index (χ0) is 12.3. The predicted molar refractivity (Wildman–Crippen MR) is 70.1 cm³/mol. The maximum Gasteiger partial charge on any atom is 0.0586 e. The zero-order valence-electron chi connectivity index (χ0n) is 11.3. The van der Waals surface area contributed by atoms with E-state index >= 15 is 0 Å². The number of hydrogen-bond donors (Lipinski definition) is 1. The Morgan fingerprint density at radius 3 is 2.82 bits per heavy atom. The van der Waals surface area contributed by atoms with E-state index in [9.17, 15) is 0 Å². The van der Waals surface area contributed by atoms with Crippen LogP contribution in [0.5, 0.6) is 0 Å². The maximum atomic E-state index is 5.93. The van der Waals surface area contributed by atoms with Gasteiger partial charge in [0.25, 0.3) is 0 Å². The lowest BCUT2D eigenvalue weighted by molar-refractivity contribution is -0.00718. The molecule has 1 heterocycles. The van der Waals surface area contributed by atoms with Crippen LogP contribution in [0.15, 0.2) is 0 Å². The Kier molecular flexibility index (Phi) is 4.79. The van der Waals surface area contributed by atoms with Gasteiger partial charge in [-0.3, -0.25) is 4.90 Å². The van der Waals surface area contributed by atoms with E-state index < -0.39 is 0 Å². The van der Waals surface area contributed by atoms with Crippen molar-refractivity contribution in [1.82, 2.24) is 9.80 Å². The summed E-state index contributed by atoms with van der Waals surface area (Å²) in [5.74, 6) is 0. The van der Waals surface area contributed by atoms with Gasteiger partial charge >= 0.3 is 0 Å². The second-order valence-corrected chi connectivity index (χ2v) is 5.57. The molecule has 2 fully saturated rings. The third-order valence-corrected chi connectivity index (χ3v) is 4.40. The minimum absolute atomic E-state index is 0.465. The molecule has 1 saturated carbocycles. The first-order chi connectivity index (χ1) is 8.24. The van der Waals surface area contributed by atoms with E-state index in [4.69, 9.17) is 10.5 Å². The van der Waals surface area contributed by atoms with Gasteiger partial charge in [0.15, 0.2) is 0 Å². The number of piperazine rings is 1. The SMILES string of the molecule is COC1CCCC(N2CCN(C)CC2CN)C1. The van der Waals surface area contributed by atoms with Gasteiger partial charge in [0.05, 0.1) is 6.10 Å². The first-order valence-electron chi connectivity index (χ1n) is 6.91. The van der Waals surface area contributed by atoms with Gasteiger partial charge in [0.1, 0.15) is 0 Å². The van der Waals surface area contributed by atoms with Gasteiger partial charge in [-0.1, -0.05) is 0 Å². The van der Waals surface area contributed by atoms with Crippen LogP contribution in [-0.2, 0) is 4.74 Å². The van der Waals surface area contributed by atoms with E-state index in [1.54, 1.807) is 0 Å². The van der Waals surface area contributed by atoms with Crippen LogP contribution in [0.1, 0.15) is 25.7 Å². The number of ether oxygens (including phenoxy) is 1. The third-order valence-electron chi connectivity index (χ3n) is 4.40. The number of likely N-dealkylation sites (N-methyl/N-ethyl adjacent to an activating group) is 1. The highest BCUT2D eigenvalue weighted by Gasteiger charge is 2.33. The van der Waals surface area contributed by atoms with E-state index in [1.165, 1.54) is 38.8 Å². The number of nitrogens with two attached hydrogens (primary N) is 1. The molecular formula is C13H27N3O. The smallest absolute Gasteiger partial charge is 0.0586 e. The lowest BCUT2D eigenvalue weighted by Gasteiger charge is -2.46. The minimum atomic E-state index is 0.465. The second kappa shape index (κ2) is 6.14. The summed E-state index contributed by atoms with van der Waals surface area (Å²) in [7, 11) is 4.04. The van der Waals surface area contributed by atoms with Crippen molar-refractivity contribution in [2.75, 3.05) is 40.3 Å². The van der Waals surface area contributed by atoms with Crippen LogP contribution >= 0.6 is 0 Å². The Hall–Kier alpha value is -0.160. The van der Waals surface area contributed by atoms with Crippen LogP contribution < -0.4 is 5.73 Å². The molecule has 3 unspecified atom stereocenters. The molecule has 1 aliphatic carbocycles. The van der Waals surface area contributed by atoms with Crippen LogP contribution in [-0.4, -0.2) is 68.3 Å². The van der Waals surface area contributed by atoms with Crippen molar-refractivity contribution in [3.8, 4) is 0 Å². The summed E-state index contributed by atoms with van der Waals surface area (Å²) in [6, 6.07) is 1.23. The topological polar surface area (TPSA) is 41.7 Å². The molecule has 2 rings (SSSR count). The largest absolute Gasteiger partial charge is 0.381 e. The first kappa shape index (κ1) is 13.3. The second-order valence-electron chi connectivity index (χ2n) is 5.57. The van der Waals surface area contributed by atoms with Crippen molar-refractivity contribution in [2.45, 2.75) is 43.9 Å². The van der Waals surface area contributed by atoms with Crippen LogP contribution in [0.4, 0.5) is 0 Å². The third kappa shape index (κ3) is 3.19. The highest BCUT2D eigenvalue weighted by atomic mass is 16.5. The Balaban J connectivity index is 1.95. The molecule has 0 radical (unpaired) electrons. The van der Waals surface area contributed by atoms with Crippen molar-refractivity contribution < 1.29 is 4.74 Å². The Bertz CT molecular complexity index is 237. The molecule has 0 bridgehead atoms. The average molecular weight is 241 g/mol. The molecule has 0 amide bonds.